The fraction of sp³-hybridized carbons (Fsp3) is 0.261. The number of rotatable bonds is 6. The molecule has 0 unspecified atom stereocenters. The highest BCUT2D eigenvalue weighted by molar-refractivity contribution is 5.40. The van der Waals surface area contributed by atoms with E-state index in [2.05, 4.69) is 49.5 Å². The lowest BCUT2D eigenvalue weighted by Crippen LogP contribution is -2.31. The van der Waals surface area contributed by atoms with Gasteiger partial charge in [0.2, 0.25) is 5.95 Å². The molecule has 1 aliphatic heterocycles. The monoisotopic (exact) mass is 416 g/mol. The van der Waals surface area contributed by atoms with Crippen LogP contribution in [0.1, 0.15) is 22.4 Å². The van der Waals surface area contributed by atoms with Crippen LogP contribution in [0.2, 0.25) is 0 Å². The van der Waals surface area contributed by atoms with E-state index < -0.39 is 0 Å². The van der Waals surface area contributed by atoms with Crippen LogP contribution in [-0.4, -0.2) is 38.1 Å². The van der Waals surface area contributed by atoms with Gasteiger partial charge in [0.15, 0.2) is 0 Å². The van der Waals surface area contributed by atoms with Gasteiger partial charge in [0.1, 0.15) is 5.75 Å². The lowest BCUT2D eigenvalue weighted by molar-refractivity contribution is 0.242. The molecule has 2 aromatic carbocycles. The van der Waals surface area contributed by atoms with Crippen LogP contribution >= 0.6 is 0 Å². The van der Waals surface area contributed by atoms with E-state index in [-0.39, 0.29) is 5.56 Å². The normalized spacial score (nSPS) is 13.8. The molecule has 0 spiro atoms. The molecule has 0 atom stereocenters. The predicted molar refractivity (Wildman–Crippen MR) is 118 cm³/mol. The van der Waals surface area contributed by atoms with Crippen LogP contribution in [0.4, 0.5) is 5.95 Å². The summed E-state index contributed by atoms with van der Waals surface area (Å²) in [4.78, 5) is 24.0. The minimum absolute atomic E-state index is 0.171. The zero-order valence-electron chi connectivity index (χ0n) is 17.3. The van der Waals surface area contributed by atoms with E-state index in [1.54, 1.807) is 13.2 Å². The number of H-pyrrole nitrogens is 1. The first-order valence-electron chi connectivity index (χ1n) is 10.3. The molecule has 0 amide bonds. The molecule has 0 saturated heterocycles. The fourth-order valence-electron chi connectivity index (χ4n) is 4.03. The summed E-state index contributed by atoms with van der Waals surface area (Å²) in [7, 11) is 1.64. The quantitative estimate of drug-likeness (QED) is 0.502. The van der Waals surface area contributed by atoms with Crippen LogP contribution in [0, 0.1) is 0 Å². The van der Waals surface area contributed by atoms with Crippen molar-refractivity contribution in [2.24, 2.45) is 0 Å². The minimum atomic E-state index is -0.171. The standard InChI is InChI=1S/C23H24N6O2/c1-31-20-9-5-4-7-17(20)13-24-22-26-23-25-19(12-21(30)29(23)27-22)15-28-11-10-16-6-2-3-8-18(16)14-28/h2-9,12H,10-11,13-15H2,1H3,(H2,24,25,26,27). The summed E-state index contributed by atoms with van der Waals surface area (Å²) < 4.78 is 6.74. The van der Waals surface area contributed by atoms with Gasteiger partial charge in [-0.1, -0.05) is 42.5 Å². The van der Waals surface area contributed by atoms with Crippen molar-refractivity contribution in [3.63, 3.8) is 0 Å². The van der Waals surface area contributed by atoms with Crippen LogP contribution < -0.4 is 15.6 Å². The number of anilines is 1. The summed E-state index contributed by atoms with van der Waals surface area (Å²) >= 11 is 0. The molecule has 8 nitrogen and oxygen atoms in total. The van der Waals surface area contributed by atoms with Crippen LogP contribution in [0.3, 0.4) is 0 Å². The summed E-state index contributed by atoms with van der Waals surface area (Å²) in [6.07, 6.45) is 1.01. The second-order valence-electron chi connectivity index (χ2n) is 7.69. The summed E-state index contributed by atoms with van der Waals surface area (Å²) in [5.41, 5.74) is 4.30. The first kappa shape index (κ1) is 19.3. The van der Waals surface area contributed by atoms with Gasteiger partial charge >= 0.3 is 0 Å². The number of nitrogens with one attached hydrogen (secondary N) is 2. The summed E-state index contributed by atoms with van der Waals surface area (Å²) in [6.45, 7) is 2.95. The Morgan fingerprint density at radius 1 is 1.10 bits per heavy atom. The molecular formula is C23H24N6O2. The van der Waals surface area contributed by atoms with Gasteiger partial charge in [0.05, 0.1) is 12.8 Å². The smallest absolute Gasteiger partial charge is 0.274 e. The van der Waals surface area contributed by atoms with Gasteiger partial charge in [-0.3, -0.25) is 14.8 Å². The number of nitrogens with zero attached hydrogens (tertiary/aromatic N) is 4. The van der Waals surface area contributed by atoms with Crippen LogP contribution in [0.15, 0.2) is 59.4 Å². The van der Waals surface area contributed by atoms with Crippen molar-refractivity contribution in [3.05, 3.63) is 87.3 Å². The molecule has 31 heavy (non-hydrogen) atoms. The first-order valence-corrected chi connectivity index (χ1v) is 10.3. The Morgan fingerprint density at radius 2 is 1.90 bits per heavy atom. The van der Waals surface area contributed by atoms with Gasteiger partial charge in [-0.2, -0.15) is 9.50 Å². The Hall–Kier alpha value is -3.65. The van der Waals surface area contributed by atoms with Crippen molar-refractivity contribution in [1.82, 2.24) is 24.5 Å². The van der Waals surface area contributed by atoms with Gasteiger partial charge in [0, 0.05) is 37.8 Å². The molecule has 2 N–H and O–H groups in total. The molecule has 4 aromatic rings. The van der Waals surface area contributed by atoms with E-state index >= 15 is 0 Å². The van der Waals surface area contributed by atoms with E-state index in [0.29, 0.717) is 24.8 Å². The first-order chi connectivity index (χ1) is 15.2. The van der Waals surface area contributed by atoms with Crippen LogP contribution in [0.5, 0.6) is 5.75 Å². The molecule has 5 rings (SSSR count). The summed E-state index contributed by atoms with van der Waals surface area (Å²) in [5.74, 6) is 1.65. The van der Waals surface area contributed by atoms with Crippen molar-refractivity contribution >= 4 is 11.7 Å². The van der Waals surface area contributed by atoms with Gasteiger partial charge < -0.3 is 10.1 Å². The predicted octanol–water partition coefficient (Wildman–Crippen LogP) is 2.60. The number of hydrogen-bond donors (Lipinski definition) is 2. The SMILES string of the molecule is COc1ccccc1CNc1nc2nc(CN3CCc4ccccc4C3)cc(=O)n2[nH]1. The second-order valence-corrected chi connectivity index (χ2v) is 7.69. The zero-order valence-corrected chi connectivity index (χ0v) is 17.3. The average Bonchev–Trinajstić information content (AvgIpc) is 3.21. The van der Waals surface area contributed by atoms with Crippen molar-refractivity contribution in [1.29, 1.82) is 0 Å². The van der Waals surface area contributed by atoms with E-state index in [1.807, 2.05) is 24.3 Å². The molecule has 0 saturated carbocycles. The van der Waals surface area contributed by atoms with Crippen LogP contribution in [-0.2, 0) is 26.1 Å². The Bertz CT molecular complexity index is 1280. The number of para-hydroxylation sites is 1. The van der Waals surface area contributed by atoms with Crippen LogP contribution in [0.25, 0.3) is 5.78 Å². The Balaban J connectivity index is 1.32. The van der Waals surface area contributed by atoms with Gasteiger partial charge in [0.25, 0.3) is 11.3 Å². The Kier molecular flexibility index (Phi) is 5.13. The van der Waals surface area contributed by atoms with E-state index in [1.165, 1.54) is 15.6 Å². The number of hydrogen-bond acceptors (Lipinski definition) is 6. The lowest BCUT2D eigenvalue weighted by atomic mass is 10.00. The van der Waals surface area contributed by atoms with Crippen molar-refractivity contribution in [3.8, 4) is 5.75 Å². The number of aromatic nitrogens is 4. The Morgan fingerprint density at radius 3 is 2.77 bits per heavy atom. The maximum Gasteiger partial charge on any atom is 0.274 e. The highest BCUT2D eigenvalue weighted by Gasteiger charge is 2.17. The van der Waals surface area contributed by atoms with Crippen molar-refractivity contribution in [2.75, 3.05) is 19.0 Å². The Labute approximate surface area is 179 Å². The third-order valence-electron chi connectivity index (χ3n) is 5.62. The molecule has 0 radical (unpaired) electrons. The molecular weight excluding hydrogens is 392 g/mol. The maximum atomic E-state index is 12.6. The summed E-state index contributed by atoms with van der Waals surface area (Å²) in [6, 6.07) is 17.9. The van der Waals surface area contributed by atoms with Gasteiger partial charge in [-0.15, -0.1) is 0 Å². The molecule has 0 aliphatic carbocycles. The largest absolute Gasteiger partial charge is 0.496 e. The number of aromatic amines is 1. The molecule has 158 valence electrons. The van der Waals surface area contributed by atoms with Crippen molar-refractivity contribution < 1.29 is 4.74 Å². The lowest BCUT2D eigenvalue weighted by Gasteiger charge is -2.28. The third kappa shape index (κ3) is 4.02. The maximum absolute atomic E-state index is 12.6. The van der Waals surface area contributed by atoms with Gasteiger partial charge in [-0.25, -0.2) is 4.98 Å². The topological polar surface area (TPSA) is 87.5 Å². The highest BCUT2D eigenvalue weighted by atomic mass is 16.5. The fourth-order valence-corrected chi connectivity index (χ4v) is 4.03. The third-order valence-corrected chi connectivity index (χ3v) is 5.62. The highest BCUT2D eigenvalue weighted by Crippen LogP contribution is 2.20. The molecule has 0 bridgehead atoms. The number of ether oxygens (including phenoxy) is 1. The molecule has 8 heteroatoms. The van der Waals surface area contributed by atoms with E-state index in [9.17, 15) is 4.79 Å². The second kappa shape index (κ2) is 8.23. The number of benzene rings is 2. The summed E-state index contributed by atoms with van der Waals surface area (Å²) in [5, 5.41) is 6.19. The molecule has 0 fully saturated rings. The average molecular weight is 416 g/mol. The number of methoxy groups -OCH3 is 1. The molecule has 2 aromatic heterocycles. The molecule has 1 aliphatic rings. The van der Waals surface area contributed by atoms with Gasteiger partial charge in [-0.05, 0) is 23.6 Å². The minimum Gasteiger partial charge on any atom is -0.496 e. The van der Waals surface area contributed by atoms with Crippen molar-refractivity contribution in [2.45, 2.75) is 26.1 Å². The molecule has 3 heterocycles. The van der Waals surface area contributed by atoms with E-state index in [4.69, 9.17) is 4.74 Å². The van der Waals surface area contributed by atoms with E-state index in [0.717, 1.165) is 36.5 Å². The number of fused-ring (bicyclic) bond motifs is 2. The zero-order chi connectivity index (χ0) is 21.2.